The Labute approximate surface area is 163 Å². The number of carbonyl (C=O) groups excluding carboxylic acids is 1. The van der Waals surface area contributed by atoms with Gasteiger partial charge in [0.05, 0.1) is 21.3 Å². The molecule has 4 aromatic rings. The van der Waals surface area contributed by atoms with E-state index in [0.29, 0.717) is 11.5 Å². The van der Waals surface area contributed by atoms with Crippen molar-refractivity contribution in [2.75, 3.05) is 0 Å². The number of hydrogen-bond donors (Lipinski definition) is 1. The lowest BCUT2D eigenvalue weighted by Gasteiger charge is -2.08. The van der Waals surface area contributed by atoms with Crippen molar-refractivity contribution in [1.82, 2.24) is 20.4 Å². The van der Waals surface area contributed by atoms with Crippen LogP contribution in [0.3, 0.4) is 0 Å². The summed E-state index contributed by atoms with van der Waals surface area (Å²) < 4.78 is 12.1. The molecule has 0 aliphatic carbocycles. The number of amides is 1. The predicted octanol–water partition coefficient (Wildman–Crippen LogP) is 4.12. The van der Waals surface area contributed by atoms with Gasteiger partial charge >= 0.3 is 0 Å². The van der Waals surface area contributed by atoms with E-state index < -0.39 is 0 Å². The summed E-state index contributed by atoms with van der Waals surface area (Å²) in [6.07, 6.45) is 1.71. The maximum absolute atomic E-state index is 12.3. The molecule has 1 N–H and O–H groups in total. The third-order valence-corrected chi connectivity index (χ3v) is 5.72. The van der Waals surface area contributed by atoms with Crippen LogP contribution in [0.4, 0.5) is 0 Å². The highest BCUT2D eigenvalue weighted by molar-refractivity contribution is 7.18. The van der Waals surface area contributed by atoms with Crippen molar-refractivity contribution in [2.45, 2.75) is 26.5 Å². The number of aromatic nitrogens is 3. The van der Waals surface area contributed by atoms with Crippen molar-refractivity contribution in [2.24, 2.45) is 0 Å². The molecule has 9 heteroatoms. The van der Waals surface area contributed by atoms with Crippen LogP contribution in [0, 0.1) is 6.92 Å². The molecule has 138 valence electrons. The summed E-state index contributed by atoms with van der Waals surface area (Å²) in [5.41, 5.74) is 1.12. The van der Waals surface area contributed by atoms with Gasteiger partial charge in [0.2, 0.25) is 0 Å². The molecule has 3 aromatic heterocycles. The Morgan fingerprint density at radius 2 is 2.26 bits per heavy atom. The Balaban J connectivity index is 1.37. The quantitative estimate of drug-likeness (QED) is 0.524. The van der Waals surface area contributed by atoms with Gasteiger partial charge in [-0.2, -0.15) is 0 Å². The highest BCUT2D eigenvalue weighted by atomic mass is 32.1. The minimum Gasteiger partial charge on any atom is -0.485 e. The van der Waals surface area contributed by atoms with Gasteiger partial charge in [-0.1, -0.05) is 5.16 Å². The SMILES string of the molecule is Cc1nc2cc(OCc3cc(C(=O)N[C@@H](C)c4nccs4)no3)ccc2s1. The van der Waals surface area contributed by atoms with Crippen molar-refractivity contribution < 1.29 is 14.1 Å². The Morgan fingerprint density at radius 3 is 3.07 bits per heavy atom. The summed E-state index contributed by atoms with van der Waals surface area (Å²) >= 11 is 3.13. The van der Waals surface area contributed by atoms with Crippen LogP contribution in [0.2, 0.25) is 0 Å². The third-order valence-electron chi connectivity index (χ3n) is 3.81. The van der Waals surface area contributed by atoms with Gasteiger partial charge in [0.1, 0.15) is 17.4 Å². The van der Waals surface area contributed by atoms with Crippen LogP contribution in [-0.2, 0) is 6.61 Å². The number of aryl methyl sites for hydroxylation is 1. The maximum Gasteiger partial charge on any atom is 0.274 e. The van der Waals surface area contributed by atoms with E-state index in [4.69, 9.17) is 9.26 Å². The van der Waals surface area contributed by atoms with E-state index in [0.717, 1.165) is 20.2 Å². The Morgan fingerprint density at radius 1 is 1.37 bits per heavy atom. The van der Waals surface area contributed by atoms with Gasteiger partial charge in [0.25, 0.3) is 5.91 Å². The van der Waals surface area contributed by atoms with Crippen molar-refractivity contribution in [3.05, 3.63) is 57.3 Å². The molecule has 0 radical (unpaired) electrons. The summed E-state index contributed by atoms with van der Waals surface area (Å²) in [7, 11) is 0. The highest BCUT2D eigenvalue weighted by Gasteiger charge is 2.17. The van der Waals surface area contributed by atoms with E-state index in [2.05, 4.69) is 20.4 Å². The second-order valence-corrected chi connectivity index (χ2v) is 8.06. The fraction of sp³-hybridized carbons (Fsp3) is 0.222. The molecule has 1 atom stereocenters. The molecule has 3 heterocycles. The number of nitrogens with zero attached hydrogens (tertiary/aromatic N) is 3. The number of nitrogens with one attached hydrogen (secondary N) is 1. The number of carbonyl (C=O) groups is 1. The molecule has 4 rings (SSSR count). The maximum atomic E-state index is 12.3. The average Bonchev–Trinajstić information content (AvgIpc) is 3.39. The molecule has 27 heavy (non-hydrogen) atoms. The van der Waals surface area contributed by atoms with Crippen LogP contribution in [-0.4, -0.2) is 21.0 Å². The molecule has 0 spiro atoms. The number of thiazole rings is 2. The first-order valence-electron chi connectivity index (χ1n) is 8.24. The number of hydrogen-bond acceptors (Lipinski definition) is 8. The van der Waals surface area contributed by atoms with E-state index >= 15 is 0 Å². The molecule has 0 aliphatic rings. The largest absolute Gasteiger partial charge is 0.485 e. The first-order chi connectivity index (χ1) is 13.1. The monoisotopic (exact) mass is 400 g/mol. The first-order valence-corrected chi connectivity index (χ1v) is 9.94. The fourth-order valence-corrected chi connectivity index (χ4v) is 3.99. The van der Waals surface area contributed by atoms with E-state index in [-0.39, 0.29) is 24.2 Å². The van der Waals surface area contributed by atoms with Gasteiger partial charge in [0, 0.05) is 23.7 Å². The molecular weight excluding hydrogens is 384 g/mol. The summed E-state index contributed by atoms with van der Waals surface area (Å²) in [6.45, 7) is 4.02. The zero-order valence-electron chi connectivity index (χ0n) is 14.6. The summed E-state index contributed by atoms with van der Waals surface area (Å²) in [5, 5.41) is 10.4. The van der Waals surface area contributed by atoms with Gasteiger partial charge in [-0.05, 0) is 26.0 Å². The lowest BCUT2D eigenvalue weighted by Crippen LogP contribution is -2.26. The topological polar surface area (TPSA) is 90.1 Å². The number of fused-ring (bicyclic) bond motifs is 1. The number of rotatable bonds is 6. The molecule has 0 fully saturated rings. The van der Waals surface area contributed by atoms with Crippen molar-refractivity contribution in [3.63, 3.8) is 0 Å². The molecule has 0 aliphatic heterocycles. The Bertz CT molecular complexity index is 1070. The lowest BCUT2D eigenvalue weighted by atomic mass is 10.3. The van der Waals surface area contributed by atoms with E-state index in [1.807, 2.05) is 37.4 Å². The minimum atomic E-state index is -0.313. The zero-order chi connectivity index (χ0) is 18.8. The summed E-state index contributed by atoms with van der Waals surface area (Å²) in [6, 6.07) is 7.14. The fourth-order valence-electron chi connectivity index (χ4n) is 2.54. The second kappa shape index (κ2) is 7.45. The Hall–Kier alpha value is -2.78. The average molecular weight is 400 g/mol. The molecule has 0 bridgehead atoms. The second-order valence-electron chi connectivity index (χ2n) is 5.90. The van der Waals surface area contributed by atoms with Gasteiger partial charge in [-0.15, -0.1) is 22.7 Å². The van der Waals surface area contributed by atoms with Gasteiger partial charge in [-0.25, -0.2) is 9.97 Å². The van der Waals surface area contributed by atoms with Crippen molar-refractivity contribution in [1.29, 1.82) is 0 Å². The molecule has 0 unspecified atom stereocenters. The van der Waals surface area contributed by atoms with Crippen LogP contribution in [0.25, 0.3) is 10.2 Å². The summed E-state index contributed by atoms with van der Waals surface area (Å²) in [5.74, 6) is 0.844. The zero-order valence-corrected chi connectivity index (χ0v) is 16.3. The standard InChI is InChI=1S/C18H16N4O3S2/c1-10(18-19-5-6-26-18)20-17(23)15-8-13(25-22-15)9-24-12-3-4-16-14(7-12)21-11(2)27-16/h3-8,10H,9H2,1-2H3,(H,20,23)/t10-/m0/s1. The molecule has 0 saturated carbocycles. The summed E-state index contributed by atoms with van der Waals surface area (Å²) in [4.78, 5) is 20.9. The number of ether oxygens (including phenoxy) is 1. The lowest BCUT2D eigenvalue weighted by molar-refractivity contribution is 0.0930. The molecule has 7 nitrogen and oxygen atoms in total. The van der Waals surface area contributed by atoms with Crippen LogP contribution in [0.15, 0.2) is 40.4 Å². The van der Waals surface area contributed by atoms with Crippen LogP contribution < -0.4 is 10.1 Å². The van der Waals surface area contributed by atoms with Crippen LogP contribution >= 0.6 is 22.7 Å². The predicted molar refractivity (Wildman–Crippen MR) is 103 cm³/mol. The van der Waals surface area contributed by atoms with Crippen molar-refractivity contribution in [3.8, 4) is 5.75 Å². The van der Waals surface area contributed by atoms with Gasteiger partial charge < -0.3 is 14.6 Å². The van der Waals surface area contributed by atoms with Gasteiger partial charge in [0.15, 0.2) is 11.5 Å². The van der Waals surface area contributed by atoms with Crippen LogP contribution in [0.1, 0.15) is 39.2 Å². The minimum absolute atomic E-state index is 0.178. The molecule has 1 amide bonds. The van der Waals surface area contributed by atoms with Crippen LogP contribution in [0.5, 0.6) is 5.75 Å². The molecular formula is C18H16N4O3S2. The first kappa shape index (κ1) is 17.6. The van der Waals surface area contributed by atoms with E-state index in [9.17, 15) is 4.79 Å². The highest BCUT2D eigenvalue weighted by Crippen LogP contribution is 2.26. The molecule has 1 aromatic carbocycles. The van der Waals surface area contributed by atoms with Crippen molar-refractivity contribution >= 4 is 38.8 Å². The molecule has 0 saturated heterocycles. The Kier molecular flexibility index (Phi) is 4.87. The smallest absolute Gasteiger partial charge is 0.274 e. The van der Waals surface area contributed by atoms with E-state index in [1.165, 1.54) is 11.3 Å². The van der Waals surface area contributed by atoms with Gasteiger partial charge in [-0.3, -0.25) is 4.79 Å². The van der Waals surface area contributed by atoms with E-state index in [1.54, 1.807) is 23.6 Å². The number of benzene rings is 1. The third kappa shape index (κ3) is 3.99. The normalized spacial score (nSPS) is 12.2.